The molecule has 0 amide bonds. The summed E-state index contributed by atoms with van der Waals surface area (Å²) < 4.78 is 0. The summed E-state index contributed by atoms with van der Waals surface area (Å²) >= 11 is 0. The number of nitrogens with one attached hydrogen (secondary N) is 2. The third-order valence-corrected chi connectivity index (χ3v) is 3.44. The molecule has 4 aromatic rings. The van der Waals surface area contributed by atoms with Gasteiger partial charge in [0.2, 0.25) is 0 Å². The van der Waals surface area contributed by atoms with E-state index in [2.05, 4.69) is 19.9 Å². The standard InChI is InChI=1S/C15H10N4O2/c20-15(21)9-2-1-3-11-13(9)19-14(18-11)8-4-5-10-12(6-8)17-7-16-10/h1-7H,(H,16,17)(H,18,19)(H,20,21). The number of H-pyrrole nitrogens is 2. The Kier molecular flexibility index (Phi) is 2.32. The Balaban J connectivity index is 1.93. The highest BCUT2D eigenvalue weighted by Gasteiger charge is 2.13. The molecule has 0 aliphatic carbocycles. The summed E-state index contributed by atoms with van der Waals surface area (Å²) in [5.74, 6) is -0.349. The van der Waals surface area contributed by atoms with Crippen molar-refractivity contribution in [3.05, 3.63) is 48.3 Å². The molecule has 0 spiro atoms. The Morgan fingerprint density at radius 3 is 2.90 bits per heavy atom. The number of benzene rings is 2. The maximum atomic E-state index is 11.2. The van der Waals surface area contributed by atoms with Gasteiger partial charge in [0.1, 0.15) is 11.3 Å². The fraction of sp³-hybridized carbons (Fsp3) is 0. The van der Waals surface area contributed by atoms with Crippen molar-refractivity contribution >= 4 is 28.0 Å². The molecule has 6 nitrogen and oxygen atoms in total. The number of imidazole rings is 2. The third-order valence-electron chi connectivity index (χ3n) is 3.44. The predicted molar refractivity (Wildman–Crippen MR) is 78.1 cm³/mol. The van der Waals surface area contributed by atoms with Crippen molar-refractivity contribution in [1.29, 1.82) is 0 Å². The number of aromatic amines is 2. The van der Waals surface area contributed by atoms with E-state index in [1.54, 1.807) is 18.5 Å². The summed E-state index contributed by atoms with van der Waals surface area (Å²) in [6.07, 6.45) is 1.63. The highest BCUT2D eigenvalue weighted by atomic mass is 16.4. The maximum absolute atomic E-state index is 11.2. The summed E-state index contributed by atoms with van der Waals surface area (Å²) in [5.41, 5.74) is 4.02. The lowest BCUT2D eigenvalue weighted by atomic mass is 10.2. The summed E-state index contributed by atoms with van der Waals surface area (Å²) in [7, 11) is 0. The van der Waals surface area contributed by atoms with E-state index in [1.165, 1.54) is 0 Å². The van der Waals surface area contributed by atoms with Crippen molar-refractivity contribution in [2.75, 3.05) is 0 Å². The van der Waals surface area contributed by atoms with E-state index in [9.17, 15) is 9.90 Å². The molecule has 21 heavy (non-hydrogen) atoms. The van der Waals surface area contributed by atoms with Crippen LogP contribution in [0.3, 0.4) is 0 Å². The zero-order valence-corrected chi connectivity index (χ0v) is 10.8. The van der Waals surface area contributed by atoms with E-state index in [0.29, 0.717) is 16.9 Å². The number of fused-ring (bicyclic) bond motifs is 2. The van der Waals surface area contributed by atoms with Crippen LogP contribution in [0.1, 0.15) is 10.4 Å². The molecule has 6 heteroatoms. The Hall–Kier alpha value is -3.15. The van der Waals surface area contributed by atoms with Crippen molar-refractivity contribution < 1.29 is 9.90 Å². The summed E-state index contributed by atoms with van der Waals surface area (Å²) in [6.45, 7) is 0. The van der Waals surface area contributed by atoms with Gasteiger partial charge in [0.15, 0.2) is 0 Å². The molecular formula is C15H10N4O2. The second-order valence-electron chi connectivity index (χ2n) is 4.73. The number of carbonyl (C=O) groups is 1. The first-order chi connectivity index (χ1) is 10.2. The van der Waals surface area contributed by atoms with E-state index < -0.39 is 5.97 Å². The van der Waals surface area contributed by atoms with Crippen LogP contribution in [-0.2, 0) is 0 Å². The maximum Gasteiger partial charge on any atom is 0.337 e. The van der Waals surface area contributed by atoms with Crippen molar-refractivity contribution in [2.24, 2.45) is 0 Å². The first-order valence-electron chi connectivity index (χ1n) is 6.38. The number of carboxylic acid groups (broad SMARTS) is 1. The van der Waals surface area contributed by atoms with Crippen LogP contribution in [0.2, 0.25) is 0 Å². The molecule has 2 heterocycles. The minimum absolute atomic E-state index is 0.192. The Bertz CT molecular complexity index is 984. The Labute approximate surface area is 118 Å². The monoisotopic (exact) mass is 278 g/mol. The molecule has 0 atom stereocenters. The lowest BCUT2D eigenvalue weighted by Crippen LogP contribution is -1.96. The summed E-state index contributed by atoms with van der Waals surface area (Å²) in [4.78, 5) is 26.0. The first-order valence-corrected chi connectivity index (χ1v) is 6.38. The van der Waals surface area contributed by atoms with E-state index in [0.717, 1.165) is 16.6 Å². The van der Waals surface area contributed by atoms with Gasteiger partial charge in [-0.15, -0.1) is 0 Å². The Morgan fingerprint density at radius 1 is 1.14 bits per heavy atom. The summed E-state index contributed by atoms with van der Waals surface area (Å²) in [6, 6.07) is 10.8. The minimum Gasteiger partial charge on any atom is -0.478 e. The largest absolute Gasteiger partial charge is 0.478 e. The number of carboxylic acids is 1. The van der Waals surface area contributed by atoms with Gasteiger partial charge >= 0.3 is 5.97 Å². The normalized spacial score (nSPS) is 11.2. The molecule has 2 aromatic carbocycles. The van der Waals surface area contributed by atoms with E-state index in [-0.39, 0.29) is 5.56 Å². The van der Waals surface area contributed by atoms with E-state index in [4.69, 9.17) is 0 Å². The molecule has 4 rings (SSSR count). The van der Waals surface area contributed by atoms with Crippen LogP contribution in [0.15, 0.2) is 42.7 Å². The minimum atomic E-state index is -0.984. The van der Waals surface area contributed by atoms with Crippen molar-refractivity contribution in [2.45, 2.75) is 0 Å². The number of para-hydroxylation sites is 1. The van der Waals surface area contributed by atoms with Gasteiger partial charge in [0, 0.05) is 5.56 Å². The molecule has 0 saturated carbocycles. The molecule has 0 radical (unpaired) electrons. The zero-order chi connectivity index (χ0) is 14.4. The topological polar surface area (TPSA) is 94.7 Å². The van der Waals surface area contributed by atoms with E-state index in [1.807, 2.05) is 24.3 Å². The first kappa shape index (κ1) is 11.7. The van der Waals surface area contributed by atoms with E-state index >= 15 is 0 Å². The number of aromatic nitrogens is 4. The van der Waals surface area contributed by atoms with Crippen LogP contribution in [0.4, 0.5) is 0 Å². The zero-order valence-electron chi connectivity index (χ0n) is 10.8. The van der Waals surface area contributed by atoms with Gasteiger partial charge in [-0.25, -0.2) is 14.8 Å². The van der Waals surface area contributed by atoms with Gasteiger partial charge in [-0.3, -0.25) is 0 Å². The van der Waals surface area contributed by atoms with Gasteiger partial charge < -0.3 is 15.1 Å². The van der Waals surface area contributed by atoms with Gasteiger partial charge in [0.05, 0.1) is 28.4 Å². The average Bonchev–Trinajstić information content (AvgIpc) is 3.11. The number of rotatable bonds is 2. The lowest BCUT2D eigenvalue weighted by Gasteiger charge is -1.96. The third kappa shape index (κ3) is 1.77. The number of nitrogens with zero attached hydrogens (tertiary/aromatic N) is 2. The molecule has 0 bridgehead atoms. The number of hydrogen-bond acceptors (Lipinski definition) is 3. The second kappa shape index (κ2) is 4.17. The smallest absolute Gasteiger partial charge is 0.337 e. The molecule has 2 aromatic heterocycles. The predicted octanol–water partition coefficient (Wildman–Crippen LogP) is 2.80. The molecule has 0 unspecified atom stereocenters. The van der Waals surface area contributed by atoms with Crippen LogP contribution in [-0.4, -0.2) is 31.0 Å². The molecule has 0 aliphatic rings. The molecule has 0 aliphatic heterocycles. The van der Waals surface area contributed by atoms with Gasteiger partial charge in [-0.2, -0.15) is 0 Å². The number of hydrogen-bond donors (Lipinski definition) is 3. The van der Waals surface area contributed by atoms with Crippen LogP contribution < -0.4 is 0 Å². The quantitative estimate of drug-likeness (QED) is 0.525. The highest BCUT2D eigenvalue weighted by molar-refractivity contribution is 6.01. The fourth-order valence-electron chi connectivity index (χ4n) is 2.42. The lowest BCUT2D eigenvalue weighted by molar-refractivity contribution is 0.0699. The molecular weight excluding hydrogens is 268 g/mol. The van der Waals surface area contributed by atoms with Crippen molar-refractivity contribution in [1.82, 2.24) is 19.9 Å². The molecule has 0 saturated heterocycles. The van der Waals surface area contributed by atoms with Crippen molar-refractivity contribution in [3.63, 3.8) is 0 Å². The fourth-order valence-corrected chi connectivity index (χ4v) is 2.42. The van der Waals surface area contributed by atoms with Crippen LogP contribution in [0, 0.1) is 0 Å². The summed E-state index contributed by atoms with van der Waals surface area (Å²) in [5, 5.41) is 9.21. The molecule has 3 N–H and O–H groups in total. The van der Waals surface area contributed by atoms with Crippen molar-refractivity contribution in [3.8, 4) is 11.4 Å². The molecule has 0 fully saturated rings. The van der Waals surface area contributed by atoms with Gasteiger partial charge in [0.25, 0.3) is 0 Å². The average molecular weight is 278 g/mol. The SMILES string of the molecule is O=C(O)c1cccc2[nH]c(-c3ccc4nc[nH]c4c3)nc12. The Morgan fingerprint density at radius 2 is 2.05 bits per heavy atom. The van der Waals surface area contributed by atoms with Crippen LogP contribution in [0.25, 0.3) is 33.5 Å². The second-order valence-corrected chi connectivity index (χ2v) is 4.73. The number of aromatic carboxylic acids is 1. The van der Waals surface area contributed by atoms with Crippen LogP contribution >= 0.6 is 0 Å². The van der Waals surface area contributed by atoms with Gasteiger partial charge in [-0.05, 0) is 30.3 Å². The van der Waals surface area contributed by atoms with Crippen LogP contribution in [0.5, 0.6) is 0 Å². The molecule has 102 valence electrons. The van der Waals surface area contributed by atoms with Gasteiger partial charge in [-0.1, -0.05) is 6.07 Å². The highest BCUT2D eigenvalue weighted by Crippen LogP contribution is 2.24.